The highest BCUT2D eigenvalue weighted by Gasteiger charge is 2.39. The highest BCUT2D eigenvalue weighted by Crippen LogP contribution is 2.37. The third-order valence-electron chi connectivity index (χ3n) is 5.68. The first-order chi connectivity index (χ1) is 12.1. The van der Waals surface area contributed by atoms with E-state index in [0.29, 0.717) is 24.8 Å². The van der Waals surface area contributed by atoms with E-state index in [4.69, 9.17) is 4.74 Å². The molecule has 1 aromatic carbocycles. The smallest absolute Gasteiger partial charge is 0.410 e. The number of carbonyl (C=O) groups is 2. The van der Waals surface area contributed by atoms with E-state index in [1.807, 2.05) is 30.3 Å². The number of carbonyl (C=O) groups excluding carboxylic acids is 1. The molecule has 0 spiro atoms. The molecule has 1 saturated heterocycles. The lowest BCUT2D eigenvalue weighted by molar-refractivity contribution is -0.145. The van der Waals surface area contributed by atoms with Crippen molar-refractivity contribution < 1.29 is 19.4 Å². The summed E-state index contributed by atoms with van der Waals surface area (Å²) >= 11 is 0. The average molecular weight is 345 g/mol. The lowest BCUT2D eigenvalue weighted by atomic mass is 9.74. The van der Waals surface area contributed by atoms with Crippen molar-refractivity contribution in [1.82, 2.24) is 4.90 Å². The lowest BCUT2D eigenvalue weighted by Crippen LogP contribution is -2.51. The van der Waals surface area contributed by atoms with Crippen molar-refractivity contribution in [2.24, 2.45) is 11.8 Å². The third kappa shape index (κ3) is 4.53. The van der Waals surface area contributed by atoms with Crippen molar-refractivity contribution in [3.05, 3.63) is 35.9 Å². The number of carboxylic acid groups (broad SMARTS) is 1. The van der Waals surface area contributed by atoms with Crippen LogP contribution in [0.25, 0.3) is 0 Å². The molecule has 2 unspecified atom stereocenters. The fraction of sp³-hybridized carbons (Fsp3) is 0.600. The van der Waals surface area contributed by atoms with Gasteiger partial charge in [0.1, 0.15) is 12.6 Å². The van der Waals surface area contributed by atoms with Crippen LogP contribution >= 0.6 is 0 Å². The van der Waals surface area contributed by atoms with Gasteiger partial charge in [0.2, 0.25) is 0 Å². The van der Waals surface area contributed by atoms with Gasteiger partial charge in [-0.05, 0) is 30.2 Å². The molecular weight excluding hydrogens is 318 g/mol. The summed E-state index contributed by atoms with van der Waals surface area (Å²) < 4.78 is 5.35. The molecule has 25 heavy (non-hydrogen) atoms. The number of carboxylic acids is 1. The number of aliphatic carboxylic acids is 1. The van der Waals surface area contributed by atoms with Gasteiger partial charge in [0, 0.05) is 6.54 Å². The SMILES string of the molecule is O=C(O)C1CC(C2CCCCC2)CCN1C(=O)OCc1ccccc1. The first-order valence-electron chi connectivity index (χ1n) is 9.35. The second-order valence-corrected chi connectivity index (χ2v) is 7.27. The second kappa shape index (κ2) is 8.37. The van der Waals surface area contributed by atoms with E-state index < -0.39 is 18.1 Å². The Morgan fingerprint density at radius 1 is 1.04 bits per heavy atom. The molecule has 1 aliphatic heterocycles. The average Bonchev–Trinajstić information content (AvgIpc) is 2.67. The molecule has 136 valence electrons. The van der Waals surface area contributed by atoms with Crippen LogP contribution < -0.4 is 0 Å². The van der Waals surface area contributed by atoms with Gasteiger partial charge in [0.15, 0.2) is 0 Å². The van der Waals surface area contributed by atoms with Crippen LogP contribution in [0.5, 0.6) is 0 Å². The molecule has 0 aromatic heterocycles. The number of hydrogen-bond donors (Lipinski definition) is 1. The molecule has 0 bridgehead atoms. The molecule has 1 heterocycles. The minimum absolute atomic E-state index is 0.175. The van der Waals surface area contributed by atoms with Crippen LogP contribution in [-0.2, 0) is 16.1 Å². The van der Waals surface area contributed by atoms with Gasteiger partial charge in [-0.3, -0.25) is 4.90 Å². The number of ether oxygens (including phenoxy) is 1. The van der Waals surface area contributed by atoms with E-state index in [9.17, 15) is 14.7 Å². The van der Waals surface area contributed by atoms with Crippen LogP contribution in [0.2, 0.25) is 0 Å². The van der Waals surface area contributed by atoms with Gasteiger partial charge in [-0.2, -0.15) is 0 Å². The molecular formula is C20H27NO4. The van der Waals surface area contributed by atoms with Crippen LogP contribution in [0.15, 0.2) is 30.3 Å². The molecule has 1 aromatic rings. The van der Waals surface area contributed by atoms with Crippen molar-refractivity contribution in [1.29, 1.82) is 0 Å². The molecule has 1 N–H and O–H groups in total. The zero-order valence-corrected chi connectivity index (χ0v) is 14.6. The molecule has 1 aliphatic carbocycles. The quantitative estimate of drug-likeness (QED) is 0.893. The number of nitrogens with zero attached hydrogens (tertiary/aromatic N) is 1. The summed E-state index contributed by atoms with van der Waals surface area (Å²) in [4.78, 5) is 25.5. The number of amides is 1. The van der Waals surface area contributed by atoms with Gasteiger partial charge in [-0.1, -0.05) is 62.4 Å². The molecule has 1 saturated carbocycles. The van der Waals surface area contributed by atoms with E-state index in [2.05, 4.69) is 0 Å². The fourth-order valence-corrected chi connectivity index (χ4v) is 4.28. The molecule has 3 rings (SSSR count). The number of benzene rings is 1. The highest BCUT2D eigenvalue weighted by atomic mass is 16.6. The Morgan fingerprint density at radius 2 is 1.76 bits per heavy atom. The minimum atomic E-state index is -0.919. The number of likely N-dealkylation sites (tertiary alicyclic amines) is 1. The number of piperidine rings is 1. The van der Waals surface area contributed by atoms with Crippen molar-refractivity contribution in [2.45, 2.75) is 57.6 Å². The standard InChI is InChI=1S/C20H27NO4/c22-19(23)18-13-17(16-9-5-2-6-10-16)11-12-21(18)20(24)25-14-15-7-3-1-4-8-15/h1,3-4,7-8,16-18H,2,5-6,9-14H2,(H,22,23). The van der Waals surface area contributed by atoms with E-state index in [-0.39, 0.29) is 6.61 Å². The first-order valence-corrected chi connectivity index (χ1v) is 9.35. The van der Waals surface area contributed by atoms with Gasteiger partial charge in [0.25, 0.3) is 0 Å². The first kappa shape index (κ1) is 17.8. The molecule has 0 radical (unpaired) electrons. The van der Waals surface area contributed by atoms with Crippen molar-refractivity contribution >= 4 is 12.1 Å². The Labute approximate surface area is 149 Å². The molecule has 2 fully saturated rings. The largest absolute Gasteiger partial charge is 0.480 e. The lowest BCUT2D eigenvalue weighted by Gasteiger charge is -2.40. The van der Waals surface area contributed by atoms with Crippen molar-refractivity contribution in [2.75, 3.05) is 6.54 Å². The van der Waals surface area contributed by atoms with Gasteiger partial charge < -0.3 is 9.84 Å². The van der Waals surface area contributed by atoms with Gasteiger partial charge >= 0.3 is 12.1 Å². The Hall–Kier alpha value is -2.04. The molecule has 5 nitrogen and oxygen atoms in total. The zero-order valence-electron chi connectivity index (χ0n) is 14.6. The van der Waals surface area contributed by atoms with E-state index in [0.717, 1.165) is 12.0 Å². The molecule has 2 aliphatic rings. The van der Waals surface area contributed by atoms with Crippen LogP contribution in [0.1, 0.15) is 50.5 Å². The summed E-state index contributed by atoms with van der Waals surface area (Å²) in [6, 6.07) is 8.69. The van der Waals surface area contributed by atoms with E-state index in [1.165, 1.54) is 37.0 Å². The molecule has 5 heteroatoms. The summed E-state index contributed by atoms with van der Waals surface area (Å²) in [6.45, 7) is 0.653. The third-order valence-corrected chi connectivity index (χ3v) is 5.68. The van der Waals surface area contributed by atoms with Crippen LogP contribution in [-0.4, -0.2) is 34.7 Å². The zero-order chi connectivity index (χ0) is 17.6. The van der Waals surface area contributed by atoms with Crippen LogP contribution in [0.4, 0.5) is 4.79 Å². The van der Waals surface area contributed by atoms with Crippen LogP contribution in [0, 0.1) is 11.8 Å². The normalized spacial score (nSPS) is 24.7. The Morgan fingerprint density at radius 3 is 2.44 bits per heavy atom. The maximum atomic E-state index is 12.4. The predicted molar refractivity (Wildman–Crippen MR) is 94.1 cm³/mol. The summed E-state index contributed by atoms with van der Waals surface area (Å²) in [5, 5.41) is 9.61. The van der Waals surface area contributed by atoms with Gasteiger partial charge in [-0.25, -0.2) is 9.59 Å². The fourth-order valence-electron chi connectivity index (χ4n) is 4.28. The van der Waals surface area contributed by atoms with E-state index in [1.54, 1.807) is 0 Å². The van der Waals surface area contributed by atoms with Crippen molar-refractivity contribution in [3.63, 3.8) is 0 Å². The summed E-state index contributed by atoms with van der Waals surface area (Å²) in [7, 11) is 0. The number of rotatable bonds is 4. The van der Waals surface area contributed by atoms with Gasteiger partial charge in [-0.15, -0.1) is 0 Å². The highest BCUT2D eigenvalue weighted by molar-refractivity contribution is 5.80. The van der Waals surface area contributed by atoms with Crippen molar-refractivity contribution in [3.8, 4) is 0 Å². The van der Waals surface area contributed by atoms with E-state index >= 15 is 0 Å². The maximum Gasteiger partial charge on any atom is 0.410 e. The predicted octanol–water partition coefficient (Wildman–Crippen LogP) is 4.07. The maximum absolute atomic E-state index is 12.4. The topological polar surface area (TPSA) is 66.8 Å². The summed E-state index contributed by atoms with van der Waals surface area (Å²) in [6.07, 6.45) is 7.13. The number of hydrogen-bond acceptors (Lipinski definition) is 3. The Kier molecular flexibility index (Phi) is 5.95. The van der Waals surface area contributed by atoms with Gasteiger partial charge in [0.05, 0.1) is 0 Å². The second-order valence-electron chi connectivity index (χ2n) is 7.27. The Balaban J connectivity index is 1.58. The minimum Gasteiger partial charge on any atom is -0.480 e. The molecule has 1 amide bonds. The summed E-state index contributed by atoms with van der Waals surface area (Å²) in [5.74, 6) is 0.120. The summed E-state index contributed by atoms with van der Waals surface area (Å²) in [5.41, 5.74) is 0.903. The monoisotopic (exact) mass is 345 g/mol. The Bertz CT molecular complexity index is 583. The molecule has 2 atom stereocenters. The van der Waals surface area contributed by atoms with Crippen LogP contribution in [0.3, 0.4) is 0 Å².